The number of halogens is 1. The second-order valence-corrected chi connectivity index (χ2v) is 13.9. The van der Waals surface area contributed by atoms with Crippen LogP contribution in [0.4, 0.5) is 4.39 Å². The number of hydrogen-bond donors (Lipinski definition) is 1. The van der Waals surface area contributed by atoms with Crippen LogP contribution in [0.3, 0.4) is 0 Å². The highest BCUT2D eigenvalue weighted by molar-refractivity contribution is 5.76. The molecule has 3 aliphatic heterocycles. The van der Waals surface area contributed by atoms with Crippen LogP contribution in [0.1, 0.15) is 80.7 Å². The minimum Gasteiger partial charge on any atom is -0.481 e. The highest BCUT2D eigenvalue weighted by atomic mass is 19.1. The van der Waals surface area contributed by atoms with E-state index in [1.807, 2.05) is 6.07 Å². The van der Waals surface area contributed by atoms with Crippen LogP contribution in [-0.2, 0) is 17.8 Å². The fourth-order valence-corrected chi connectivity index (χ4v) is 9.18. The molecule has 0 bridgehead atoms. The Bertz CT molecular complexity index is 1230. The molecule has 2 aromatic rings. The topological polar surface area (TPSA) is 61.6 Å². The van der Waals surface area contributed by atoms with Crippen LogP contribution in [0.25, 0.3) is 0 Å². The van der Waals surface area contributed by atoms with E-state index < -0.39 is 11.4 Å². The van der Waals surface area contributed by atoms with Crippen molar-refractivity contribution in [3.63, 3.8) is 0 Å². The van der Waals surface area contributed by atoms with Crippen molar-refractivity contribution in [2.75, 3.05) is 39.3 Å². The van der Waals surface area contributed by atoms with Gasteiger partial charge in [-0.3, -0.25) is 9.48 Å². The van der Waals surface area contributed by atoms with Crippen molar-refractivity contribution in [3.05, 3.63) is 53.1 Å². The summed E-state index contributed by atoms with van der Waals surface area (Å²) in [6.45, 7) is 8.89. The Morgan fingerprint density at radius 1 is 1.02 bits per heavy atom. The number of nitrogens with zero attached hydrogens (tertiary/aromatic N) is 4. The van der Waals surface area contributed by atoms with Gasteiger partial charge in [0.05, 0.1) is 11.1 Å². The zero-order chi connectivity index (χ0) is 27.4. The first-order valence-corrected chi connectivity index (χ1v) is 15.9. The van der Waals surface area contributed by atoms with Gasteiger partial charge in [0.2, 0.25) is 0 Å². The van der Waals surface area contributed by atoms with E-state index in [0.29, 0.717) is 30.2 Å². The van der Waals surface area contributed by atoms with Gasteiger partial charge in [0, 0.05) is 50.3 Å². The Morgan fingerprint density at radius 3 is 2.55 bits per heavy atom. The summed E-state index contributed by atoms with van der Waals surface area (Å²) in [6.07, 6.45) is 8.87. The molecule has 2 saturated carbocycles. The molecule has 2 aliphatic carbocycles. The Balaban J connectivity index is 1.02. The number of piperidine rings is 1. The van der Waals surface area contributed by atoms with Crippen molar-refractivity contribution in [2.45, 2.75) is 76.7 Å². The second kappa shape index (κ2) is 10.5. The molecule has 7 heteroatoms. The third-order valence-electron chi connectivity index (χ3n) is 11.3. The van der Waals surface area contributed by atoms with Gasteiger partial charge in [-0.05, 0) is 112 Å². The van der Waals surface area contributed by atoms with Crippen molar-refractivity contribution in [2.24, 2.45) is 29.1 Å². The summed E-state index contributed by atoms with van der Waals surface area (Å²) in [4.78, 5) is 17.5. The maximum absolute atomic E-state index is 14.3. The summed E-state index contributed by atoms with van der Waals surface area (Å²) >= 11 is 0. The molecule has 4 fully saturated rings. The molecule has 6 nitrogen and oxygen atoms in total. The van der Waals surface area contributed by atoms with Gasteiger partial charge >= 0.3 is 5.97 Å². The maximum Gasteiger partial charge on any atom is 0.310 e. The van der Waals surface area contributed by atoms with E-state index >= 15 is 0 Å². The molecule has 1 aromatic heterocycles. The minimum absolute atomic E-state index is 0.175. The first-order chi connectivity index (χ1) is 19.4. The summed E-state index contributed by atoms with van der Waals surface area (Å²) in [6, 6.07) is 9.51. The number of carbonyl (C=O) groups is 1. The second-order valence-electron chi connectivity index (χ2n) is 13.9. The molecule has 1 aromatic carbocycles. The molecule has 0 spiro atoms. The van der Waals surface area contributed by atoms with E-state index in [1.54, 1.807) is 6.07 Å². The molecule has 0 radical (unpaired) electrons. The molecule has 40 heavy (non-hydrogen) atoms. The lowest BCUT2D eigenvalue weighted by atomic mass is 9.78. The van der Waals surface area contributed by atoms with Gasteiger partial charge in [-0.25, -0.2) is 4.39 Å². The van der Waals surface area contributed by atoms with Gasteiger partial charge in [0.1, 0.15) is 5.82 Å². The van der Waals surface area contributed by atoms with E-state index in [4.69, 9.17) is 5.10 Å². The van der Waals surface area contributed by atoms with Gasteiger partial charge in [-0.1, -0.05) is 19.1 Å². The first kappa shape index (κ1) is 26.6. The predicted octanol–water partition coefficient (Wildman–Crippen LogP) is 5.39. The highest BCUT2D eigenvalue weighted by Crippen LogP contribution is 2.60. The van der Waals surface area contributed by atoms with E-state index in [0.717, 1.165) is 70.0 Å². The van der Waals surface area contributed by atoms with Gasteiger partial charge in [-0.15, -0.1) is 0 Å². The minimum atomic E-state index is -0.609. The van der Waals surface area contributed by atoms with Crippen LogP contribution >= 0.6 is 0 Å². The van der Waals surface area contributed by atoms with Gasteiger partial charge in [0.15, 0.2) is 0 Å². The summed E-state index contributed by atoms with van der Waals surface area (Å²) in [5.41, 5.74) is 3.18. The Kier molecular flexibility index (Phi) is 7.02. The lowest BCUT2D eigenvalue weighted by Crippen LogP contribution is -2.42. The Hall–Kier alpha value is -2.25. The Morgan fingerprint density at radius 2 is 1.82 bits per heavy atom. The fraction of sp³-hybridized carbons (Fsp3) is 0.697. The summed E-state index contributed by atoms with van der Waals surface area (Å²) < 4.78 is 16.6. The zero-order valence-electron chi connectivity index (χ0n) is 24.0. The molecule has 2 saturated heterocycles. The van der Waals surface area contributed by atoms with E-state index in [1.165, 1.54) is 49.6 Å². The molecule has 1 unspecified atom stereocenters. The lowest BCUT2D eigenvalue weighted by Gasteiger charge is -2.39. The number of aryl methyl sites for hydroxylation is 2. The number of fused-ring (bicyclic) bond motifs is 2. The molecular weight excluding hydrogens is 503 g/mol. The summed E-state index contributed by atoms with van der Waals surface area (Å²) in [5, 5.41) is 15.1. The van der Waals surface area contributed by atoms with Crippen molar-refractivity contribution in [1.82, 2.24) is 19.6 Å². The standard InChI is InChI=1S/C33H45FN4O2/c1-2-28-15-31-29(7-4-10-38(31)35-28)22-8-11-36(12-9-22)18-26-19-37(20-30(26)23-5-3-6-27(34)14-23)21-33(32(39)40)16-24-13-25(24)17-33/h3,5-6,14-15,22,24-26,29-30H,2,4,7-13,16-21H2,1H3,(H,39,40)/t24-,25-,26+,29?,30-/m1/s1. The SMILES string of the molecule is CCc1cc2n(n1)CCCC2C1CCN(C[C@H]2CN(CC3(C(=O)O)C[C@H]4C[C@@H]4C3)C[C@@H]2c2cccc(F)c2)CC1. The monoisotopic (exact) mass is 548 g/mol. The van der Waals surface area contributed by atoms with Crippen LogP contribution in [0.2, 0.25) is 0 Å². The van der Waals surface area contributed by atoms with Crippen LogP contribution in [-0.4, -0.2) is 69.9 Å². The van der Waals surface area contributed by atoms with E-state index in [9.17, 15) is 14.3 Å². The van der Waals surface area contributed by atoms with Crippen LogP contribution in [0.15, 0.2) is 30.3 Å². The number of aliphatic carboxylic acids is 1. The van der Waals surface area contributed by atoms with E-state index in [-0.39, 0.29) is 11.7 Å². The largest absolute Gasteiger partial charge is 0.481 e. The summed E-state index contributed by atoms with van der Waals surface area (Å²) in [5.74, 6) is 2.47. The number of carboxylic acids is 1. The summed E-state index contributed by atoms with van der Waals surface area (Å²) in [7, 11) is 0. The average molecular weight is 549 g/mol. The molecule has 0 amide bonds. The smallest absolute Gasteiger partial charge is 0.310 e. The highest BCUT2D eigenvalue weighted by Gasteiger charge is 2.58. The number of aromatic nitrogens is 2. The number of carboxylic acid groups (broad SMARTS) is 1. The molecular formula is C33H45FN4O2. The zero-order valence-corrected chi connectivity index (χ0v) is 24.0. The number of hydrogen-bond acceptors (Lipinski definition) is 4. The van der Waals surface area contributed by atoms with Gasteiger partial charge in [0.25, 0.3) is 0 Å². The number of likely N-dealkylation sites (tertiary alicyclic amines) is 2. The Labute approximate surface area is 237 Å². The first-order valence-electron chi connectivity index (χ1n) is 15.9. The fourth-order valence-electron chi connectivity index (χ4n) is 9.18. The van der Waals surface area contributed by atoms with Gasteiger partial charge in [-0.2, -0.15) is 5.10 Å². The van der Waals surface area contributed by atoms with Crippen LogP contribution < -0.4 is 0 Å². The van der Waals surface area contributed by atoms with Crippen molar-refractivity contribution >= 4 is 5.97 Å². The molecule has 1 N–H and O–H groups in total. The number of benzene rings is 1. The third kappa shape index (κ3) is 5.02. The average Bonchev–Trinajstić information content (AvgIpc) is 3.28. The third-order valence-corrected chi connectivity index (χ3v) is 11.3. The van der Waals surface area contributed by atoms with Crippen molar-refractivity contribution in [1.29, 1.82) is 0 Å². The molecule has 5 aliphatic rings. The van der Waals surface area contributed by atoms with Crippen molar-refractivity contribution in [3.8, 4) is 0 Å². The maximum atomic E-state index is 14.3. The van der Waals surface area contributed by atoms with Crippen LogP contribution in [0.5, 0.6) is 0 Å². The van der Waals surface area contributed by atoms with Gasteiger partial charge < -0.3 is 14.9 Å². The van der Waals surface area contributed by atoms with Crippen LogP contribution in [0, 0.1) is 34.9 Å². The predicted molar refractivity (Wildman–Crippen MR) is 153 cm³/mol. The molecule has 4 heterocycles. The lowest BCUT2D eigenvalue weighted by molar-refractivity contribution is -0.150. The number of rotatable bonds is 8. The van der Waals surface area contributed by atoms with Crippen molar-refractivity contribution < 1.29 is 14.3 Å². The normalized spacial score (nSPS) is 32.2. The quantitative estimate of drug-likeness (QED) is 0.479. The van der Waals surface area contributed by atoms with E-state index in [2.05, 4.69) is 33.5 Å². The molecule has 5 atom stereocenters. The molecule has 216 valence electrons. The molecule has 7 rings (SSSR count).